The number of benzene rings is 1. The van der Waals surface area contributed by atoms with Crippen LogP contribution in [0.25, 0.3) is 0 Å². The molecule has 0 saturated carbocycles. The first-order valence-corrected chi connectivity index (χ1v) is 5.69. The number of ether oxygens (including phenoxy) is 2. The molecule has 0 radical (unpaired) electrons. The molecule has 0 spiro atoms. The predicted octanol–water partition coefficient (Wildman–Crippen LogP) is 2.89. The second-order valence-corrected chi connectivity index (χ2v) is 4.30. The first-order chi connectivity index (χ1) is 7.27. The maximum Gasteiger partial charge on any atom is 0.137 e. The summed E-state index contributed by atoms with van der Waals surface area (Å²) in [5.74, 6) is -0.251. The summed E-state index contributed by atoms with van der Waals surface area (Å²) in [7, 11) is 0. The van der Waals surface area contributed by atoms with Gasteiger partial charge in [0.2, 0.25) is 0 Å². The molecule has 0 aliphatic carbocycles. The lowest BCUT2D eigenvalue weighted by atomic mass is 10.2. The van der Waals surface area contributed by atoms with Crippen molar-refractivity contribution in [3.8, 4) is 0 Å². The lowest BCUT2D eigenvalue weighted by Crippen LogP contribution is -2.12. The monoisotopic (exact) mass is 274 g/mol. The van der Waals surface area contributed by atoms with Crippen molar-refractivity contribution in [3.63, 3.8) is 0 Å². The van der Waals surface area contributed by atoms with E-state index in [1.54, 1.807) is 6.07 Å². The average molecular weight is 275 g/mol. The van der Waals surface area contributed by atoms with Gasteiger partial charge in [-0.3, -0.25) is 0 Å². The normalized spacial score (nSPS) is 20.8. The van der Waals surface area contributed by atoms with Gasteiger partial charge in [-0.25, -0.2) is 4.39 Å². The van der Waals surface area contributed by atoms with Gasteiger partial charge in [-0.1, -0.05) is 12.1 Å². The Kier molecular flexibility index (Phi) is 3.72. The Morgan fingerprint density at radius 3 is 3.13 bits per heavy atom. The van der Waals surface area contributed by atoms with Crippen molar-refractivity contribution in [2.24, 2.45) is 0 Å². The van der Waals surface area contributed by atoms with Crippen LogP contribution in [0.1, 0.15) is 12.0 Å². The molecule has 1 aromatic carbocycles. The summed E-state index contributed by atoms with van der Waals surface area (Å²) in [6.45, 7) is 1.83. The fourth-order valence-electron chi connectivity index (χ4n) is 1.51. The van der Waals surface area contributed by atoms with E-state index in [0.29, 0.717) is 17.7 Å². The highest BCUT2D eigenvalue weighted by Crippen LogP contribution is 2.22. The van der Waals surface area contributed by atoms with Crippen LogP contribution in [0.4, 0.5) is 4.39 Å². The van der Waals surface area contributed by atoms with Crippen LogP contribution in [-0.4, -0.2) is 19.3 Å². The molecule has 1 aromatic rings. The molecule has 1 unspecified atom stereocenters. The summed E-state index contributed by atoms with van der Waals surface area (Å²) in [6.07, 6.45) is 1.08. The van der Waals surface area contributed by atoms with Crippen LogP contribution in [0.15, 0.2) is 22.7 Å². The molecule has 1 saturated heterocycles. The van der Waals surface area contributed by atoms with E-state index in [4.69, 9.17) is 9.47 Å². The molecular weight excluding hydrogens is 263 g/mol. The van der Waals surface area contributed by atoms with Crippen LogP contribution >= 0.6 is 15.9 Å². The van der Waals surface area contributed by atoms with Crippen molar-refractivity contribution < 1.29 is 13.9 Å². The fourth-order valence-corrected chi connectivity index (χ4v) is 1.89. The van der Waals surface area contributed by atoms with Gasteiger partial charge in [0.1, 0.15) is 5.82 Å². The third-order valence-electron chi connectivity index (χ3n) is 2.39. The molecule has 1 fully saturated rings. The first-order valence-electron chi connectivity index (χ1n) is 4.89. The Labute approximate surface area is 96.5 Å². The van der Waals surface area contributed by atoms with Gasteiger partial charge in [0, 0.05) is 6.61 Å². The van der Waals surface area contributed by atoms with Gasteiger partial charge >= 0.3 is 0 Å². The van der Waals surface area contributed by atoms with E-state index >= 15 is 0 Å². The highest BCUT2D eigenvalue weighted by atomic mass is 79.9. The second-order valence-electron chi connectivity index (χ2n) is 3.51. The zero-order valence-electron chi connectivity index (χ0n) is 8.21. The minimum Gasteiger partial charge on any atom is -0.379 e. The topological polar surface area (TPSA) is 18.5 Å². The van der Waals surface area contributed by atoms with Crippen LogP contribution in [0, 0.1) is 5.82 Å². The van der Waals surface area contributed by atoms with Gasteiger partial charge in [-0.2, -0.15) is 0 Å². The molecule has 2 rings (SSSR count). The molecule has 0 amide bonds. The molecule has 0 aromatic heterocycles. The van der Waals surface area contributed by atoms with Crippen molar-refractivity contribution in [2.45, 2.75) is 19.1 Å². The van der Waals surface area contributed by atoms with E-state index in [-0.39, 0.29) is 11.9 Å². The summed E-state index contributed by atoms with van der Waals surface area (Å²) in [6, 6.07) is 4.96. The maximum absolute atomic E-state index is 13.2. The third kappa shape index (κ3) is 2.77. The smallest absolute Gasteiger partial charge is 0.137 e. The highest BCUT2D eigenvalue weighted by Gasteiger charge is 2.16. The molecule has 1 atom stereocenters. The van der Waals surface area contributed by atoms with E-state index in [9.17, 15) is 4.39 Å². The quantitative estimate of drug-likeness (QED) is 0.844. The van der Waals surface area contributed by atoms with Crippen molar-refractivity contribution >= 4 is 15.9 Å². The first kappa shape index (κ1) is 11.0. The zero-order valence-corrected chi connectivity index (χ0v) is 9.80. The van der Waals surface area contributed by atoms with Gasteiger partial charge in [0.05, 0.1) is 23.8 Å². The number of hydrogen-bond donors (Lipinski definition) is 0. The molecule has 1 aliphatic heterocycles. The van der Waals surface area contributed by atoms with Crippen LogP contribution in [0.5, 0.6) is 0 Å². The van der Waals surface area contributed by atoms with Gasteiger partial charge in [-0.15, -0.1) is 0 Å². The van der Waals surface area contributed by atoms with E-state index in [0.717, 1.165) is 18.6 Å². The van der Waals surface area contributed by atoms with Gasteiger partial charge in [0.25, 0.3) is 0 Å². The van der Waals surface area contributed by atoms with Crippen LogP contribution < -0.4 is 0 Å². The fraction of sp³-hybridized carbons (Fsp3) is 0.455. The van der Waals surface area contributed by atoms with Crippen LogP contribution in [0.2, 0.25) is 0 Å². The van der Waals surface area contributed by atoms with Crippen LogP contribution in [0.3, 0.4) is 0 Å². The maximum atomic E-state index is 13.2. The summed E-state index contributed by atoms with van der Waals surface area (Å²) in [4.78, 5) is 0. The summed E-state index contributed by atoms with van der Waals surface area (Å²) in [5.41, 5.74) is 0.835. The molecule has 15 heavy (non-hydrogen) atoms. The molecule has 82 valence electrons. The summed E-state index contributed by atoms with van der Waals surface area (Å²) >= 11 is 3.20. The SMILES string of the molecule is Fc1cccc(COC2CCOC2)c1Br. The molecule has 2 nitrogen and oxygen atoms in total. The van der Waals surface area contributed by atoms with Gasteiger partial charge in [0.15, 0.2) is 0 Å². The Balaban J connectivity index is 1.95. The molecule has 0 N–H and O–H groups in total. The number of halogens is 2. The standard InChI is InChI=1S/C11H12BrFO2/c12-11-8(2-1-3-10(11)13)6-15-9-4-5-14-7-9/h1-3,9H,4-7H2. The average Bonchev–Trinajstić information content (AvgIpc) is 2.73. The Bertz CT molecular complexity index is 337. The minimum atomic E-state index is -0.251. The van der Waals surface area contributed by atoms with E-state index in [2.05, 4.69) is 15.9 Å². The van der Waals surface area contributed by atoms with Crippen molar-refractivity contribution in [3.05, 3.63) is 34.1 Å². The molecule has 0 bridgehead atoms. The predicted molar refractivity (Wildman–Crippen MR) is 58.1 cm³/mol. The van der Waals surface area contributed by atoms with Gasteiger partial charge in [-0.05, 0) is 34.0 Å². The molecule has 1 heterocycles. The van der Waals surface area contributed by atoms with Crippen molar-refractivity contribution in [1.82, 2.24) is 0 Å². The van der Waals surface area contributed by atoms with E-state index in [1.807, 2.05) is 6.07 Å². The Hall–Kier alpha value is -0.450. The van der Waals surface area contributed by atoms with Crippen molar-refractivity contribution in [2.75, 3.05) is 13.2 Å². The lowest BCUT2D eigenvalue weighted by Gasteiger charge is -2.11. The zero-order chi connectivity index (χ0) is 10.7. The summed E-state index contributed by atoms with van der Waals surface area (Å²) in [5, 5.41) is 0. The highest BCUT2D eigenvalue weighted by molar-refractivity contribution is 9.10. The third-order valence-corrected chi connectivity index (χ3v) is 3.28. The summed E-state index contributed by atoms with van der Waals surface area (Å²) < 4.78 is 24.4. The van der Waals surface area contributed by atoms with Crippen molar-refractivity contribution in [1.29, 1.82) is 0 Å². The van der Waals surface area contributed by atoms with E-state index < -0.39 is 0 Å². The second kappa shape index (κ2) is 5.05. The number of rotatable bonds is 3. The van der Waals surface area contributed by atoms with E-state index in [1.165, 1.54) is 6.07 Å². The largest absolute Gasteiger partial charge is 0.379 e. The lowest BCUT2D eigenvalue weighted by molar-refractivity contribution is 0.0314. The Morgan fingerprint density at radius 2 is 2.40 bits per heavy atom. The molecular formula is C11H12BrFO2. The van der Waals surface area contributed by atoms with Crippen LogP contribution in [-0.2, 0) is 16.1 Å². The van der Waals surface area contributed by atoms with Gasteiger partial charge < -0.3 is 9.47 Å². The molecule has 4 heteroatoms. The molecule has 1 aliphatic rings. The number of hydrogen-bond acceptors (Lipinski definition) is 2. The minimum absolute atomic E-state index is 0.153. The Morgan fingerprint density at radius 1 is 1.53 bits per heavy atom.